The first-order valence-corrected chi connectivity index (χ1v) is 8.50. The van der Waals surface area contributed by atoms with Gasteiger partial charge in [-0.25, -0.2) is 4.79 Å². The molecule has 3 rings (SSSR count). The van der Waals surface area contributed by atoms with Gasteiger partial charge in [0.1, 0.15) is 5.60 Å². The number of nitrogens with zero attached hydrogens (tertiary/aromatic N) is 3. The van der Waals surface area contributed by atoms with Crippen LogP contribution in [0.5, 0.6) is 0 Å². The van der Waals surface area contributed by atoms with Crippen LogP contribution in [-0.2, 0) is 16.6 Å². The van der Waals surface area contributed by atoms with Gasteiger partial charge < -0.3 is 14.4 Å². The second kappa shape index (κ2) is 6.51. The van der Waals surface area contributed by atoms with E-state index < -0.39 is 11.4 Å². The van der Waals surface area contributed by atoms with E-state index in [9.17, 15) is 14.8 Å². The van der Waals surface area contributed by atoms with E-state index in [4.69, 9.17) is 9.15 Å². The molecule has 1 unspecified atom stereocenters. The molecule has 1 aromatic carbocycles. The Bertz CT molecular complexity index is 919. The lowest BCUT2D eigenvalue weighted by Crippen LogP contribution is -2.45. The summed E-state index contributed by atoms with van der Waals surface area (Å²) in [7, 11) is 1.65. The molecule has 1 amide bonds. The van der Waals surface area contributed by atoms with Gasteiger partial charge in [0.15, 0.2) is 5.58 Å². The number of aromatic nitrogens is 1. The molecule has 0 spiro atoms. The maximum atomic E-state index is 12.6. The van der Waals surface area contributed by atoms with Gasteiger partial charge >= 0.3 is 11.8 Å². The van der Waals surface area contributed by atoms with Gasteiger partial charge in [-0.3, -0.25) is 14.3 Å². The van der Waals surface area contributed by atoms with E-state index in [1.165, 1.54) is 9.47 Å². The minimum Gasteiger partial charge on any atom is -0.457 e. The summed E-state index contributed by atoms with van der Waals surface area (Å²) in [5.41, 5.74) is 1.60. The lowest BCUT2D eigenvalue weighted by atomic mass is 9.89. The fourth-order valence-corrected chi connectivity index (χ4v) is 3.13. The van der Waals surface area contributed by atoms with Crippen molar-refractivity contribution in [2.75, 3.05) is 6.54 Å². The molecule has 140 valence electrons. The van der Waals surface area contributed by atoms with Crippen molar-refractivity contribution in [3.63, 3.8) is 0 Å². The number of rotatable bonds is 1. The molecule has 1 atom stereocenters. The smallest absolute Gasteiger partial charge is 0.419 e. The Kier molecular flexibility index (Phi) is 4.52. The van der Waals surface area contributed by atoms with Crippen molar-refractivity contribution in [3.05, 3.63) is 34.3 Å². The van der Waals surface area contributed by atoms with E-state index in [0.29, 0.717) is 18.5 Å². The van der Waals surface area contributed by atoms with Crippen LogP contribution in [-0.4, -0.2) is 38.7 Å². The van der Waals surface area contributed by atoms with Gasteiger partial charge in [0.05, 0.1) is 5.52 Å². The number of hydrogen-bond acceptors (Lipinski definition) is 6. The molecule has 1 saturated heterocycles. The fourth-order valence-electron chi connectivity index (χ4n) is 3.13. The second-order valence-electron chi connectivity index (χ2n) is 7.49. The van der Waals surface area contributed by atoms with Crippen molar-refractivity contribution >= 4 is 23.0 Å². The Balaban J connectivity index is 1.78. The molecule has 1 aliphatic heterocycles. The summed E-state index contributed by atoms with van der Waals surface area (Å²) in [5, 5.41) is 12.4. The lowest BCUT2D eigenvalue weighted by molar-refractivity contribution is -0.131. The van der Waals surface area contributed by atoms with Crippen LogP contribution in [0.15, 0.2) is 32.6 Å². The number of fused-ring (bicyclic) bond motifs is 1. The van der Waals surface area contributed by atoms with Crippen LogP contribution >= 0.6 is 0 Å². The third-order valence-electron chi connectivity index (χ3n) is 4.42. The van der Waals surface area contributed by atoms with E-state index in [-0.39, 0.29) is 24.3 Å². The highest BCUT2D eigenvalue weighted by Gasteiger charge is 2.33. The van der Waals surface area contributed by atoms with E-state index >= 15 is 0 Å². The molecule has 0 saturated carbocycles. The average molecular weight is 361 g/mol. The Morgan fingerprint density at radius 2 is 2.08 bits per heavy atom. The summed E-state index contributed by atoms with van der Waals surface area (Å²) in [4.78, 5) is 25.6. The number of hydrogen-bond donors (Lipinski definition) is 1. The molecule has 2 heterocycles. The zero-order valence-electron chi connectivity index (χ0n) is 15.4. The van der Waals surface area contributed by atoms with Crippen molar-refractivity contribution < 1.29 is 19.2 Å². The third kappa shape index (κ3) is 3.44. The maximum absolute atomic E-state index is 12.6. The number of oxazole rings is 1. The summed E-state index contributed by atoms with van der Waals surface area (Å²) in [6, 6.07) is 5.48. The highest BCUT2D eigenvalue weighted by molar-refractivity contribution is 5.95. The molecule has 26 heavy (non-hydrogen) atoms. The first-order chi connectivity index (χ1) is 12.2. The van der Waals surface area contributed by atoms with Crippen molar-refractivity contribution in [2.45, 2.75) is 45.1 Å². The summed E-state index contributed by atoms with van der Waals surface area (Å²) in [6.07, 6.45) is 0.940. The maximum Gasteiger partial charge on any atom is 0.419 e. The zero-order valence-corrected chi connectivity index (χ0v) is 15.4. The van der Waals surface area contributed by atoms with Crippen LogP contribution in [0.2, 0.25) is 0 Å². The average Bonchev–Trinajstić information content (AvgIpc) is 2.86. The summed E-state index contributed by atoms with van der Waals surface area (Å²) in [6.45, 7) is 5.84. The SMILES string of the molecule is Cn1c(=O)oc2cc(C3CCN(C(=NO)OC(C)(C)C)C(=O)C3)ccc21. The zero-order chi connectivity index (χ0) is 19.1. The van der Waals surface area contributed by atoms with Crippen LogP contribution in [0.3, 0.4) is 0 Å². The predicted molar refractivity (Wildman–Crippen MR) is 95.2 cm³/mol. The van der Waals surface area contributed by atoms with Crippen LogP contribution in [0.25, 0.3) is 11.1 Å². The number of piperidine rings is 1. The Morgan fingerprint density at radius 3 is 2.69 bits per heavy atom. The highest BCUT2D eigenvalue weighted by Crippen LogP contribution is 2.31. The lowest BCUT2D eigenvalue weighted by Gasteiger charge is -2.33. The van der Waals surface area contributed by atoms with Gasteiger partial charge in [0.2, 0.25) is 5.91 Å². The van der Waals surface area contributed by atoms with Crippen molar-refractivity contribution in [3.8, 4) is 0 Å². The van der Waals surface area contributed by atoms with Crippen LogP contribution in [0.1, 0.15) is 45.1 Å². The molecule has 0 radical (unpaired) electrons. The summed E-state index contributed by atoms with van der Waals surface area (Å²) >= 11 is 0. The normalized spacial score (nSPS) is 19.2. The summed E-state index contributed by atoms with van der Waals surface area (Å²) in [5.74, 6) is -0.581. The van der Waals surface area contributed by atoms with Crippen molar-refractivity contribution in [2.24, 2.45) is 12.2 Å². The monoisotopic (exact) mass is 361 g/mol. The Labute approximate surface area is 150 Å². The fraction of sp³-hybridized carbons (Fsp3) is 0.500. The number of carbonyl (C=O) groups is 1. The first kappa shape index (κ1) is 18.0. The largest absolute Gasteiger partial charge is 0.457 e. The van der Waals surface area contributed by atoms with Crippen LogP contribution < -0.4 is 5.76 Å². The van der Waals surface area contributed by atoms with Gasteiger partial charge in [-0.05, 0) is 56.0 Å². The van der Waals surface area contributed by atoms with E-state index in [2.05, 4.69) is 5.16 Å². The molecule has 0 bridgehead atoms. The molecular weight excluding hydrogens is 338 g/mol. The standard InChI is InChI=1S/C18H23N3O5/c1-18(2,3)26-16(19-24)21-8-7-12(10-15(21)22)11-5-6-13-14(9-11)25-17(23)20(13)4/h5-6,9,12,24H,7-8,10H2,1-4H3. The quantitative estimate of drug-likeness (QED) is 0.364. The predicted octanol–water partition coefficient (Wildman–Crippen LogP) is 2.40. The third-order valence-corrected chi connectivity index (χ3v) is 4.42. The van der Waals surface area contributed by atoms with Crippen LogP contribution in [0.4, 0.5) is 0 Å². The molecule has 2 aromatic rings. The molecule has 1 N–H and O–H groups in total. The van der Waals surface area contributed by atoms with Gasteiger partial charge in [-0.2, -0.15) is 0 Å². The number of aryl methyl sites for hydroxylation is 1. The molecule has 8 heteroatoms. The van der Waals surface area contributed by atoms with Crippen molar-refractivity contribution in [1.29, 1.82) is 0 Å². The number of ether oxygens (including phenoxy) is 1. The van der Waals surface area contributed by atoms with Gasteiger partial charge in [0, 0.05) is 20.0 Å². The molecule has 0 aliphatic carbocycles. The van der Waals surface area contributed by atoms with Crippen LogP contribution in [0, 0.1) is 0 Å². The molecular formula is C18H23N3O5. The number of amidine groups is 1. The minimum absolute atomic E-state index is 0.00300. The van der Waals surface area contributed by atoms with E-state index in [0.717, 1.165) is 11.1 Å². The topological polar surface area (TPSA) is 97.3 Å². The van der Waals surface area contributed by atoms with E-state index in [1.807, 2.05) is 39.0 Å². The van der Waals surface area contributed by atoms with Gasteiger partial charge in [-0.15, -0.1) is 0 Å². The number of amides is 1. The number of benzene rings is 1. The van der Waals surface area contributed by atoms with E-state index in [1.54, 1.807) is 7.05 Å². The molecule has 8 nitrogen and oxygen atoms in total. The van der Waals surface area contributed by atoms with Gasteiger partial charge in [-0.1, -0.05) is 6.07 Å². The Hall–Kier alpha value is -2.77. The molecule has 1 fully saturated rings. The number of likely N-dealkylation sites (tertiary alicyclic amines) is 1. The number of carbonyl (C=O) groups excluding carboxylic acids is 1. The van der Waals surface area contributed by atoms with Gasteiger partial charge in [0.25, 0.3) is 0 Å². The minimum atomic E-state index is -0.575. The second-order valence-corrected chi connectivity index (χ2v) is 7.49. The Morgan fingerprint density at radius 1 is 1.35 bits per heavy atom. The first-order valence-electron chi connectivity index (χ1n) is 8.50. The highest BCUT2D eigenvalue weighted by atomic mass is 16.6. The van der Waals surface area contributed by atoms with Crippen molar-refractivity contribution in [1.82, 2.24) is 9.47 Å². The molecule has 1 aliphatic rings. The molecule has 1 aromatic heterocycles. The summed E-state index contributed by atoms with van der Waals surface area (Å²) < 4.78 is 12.2. The number of oxime groups is 1.